The van der Waals surface area contributed by atoms with Crippen LogP contribution in [0.1, 0.15) is 37.2 Å². The Morgan fingerprint density at radius 1 is 1.42 bits per heavy atom. The average Bonchev–Trinajstić information content (AvgIpc) is 2.96. The largest absolute Gasteiger partial charge is 0.468 e. The van der Waals surface area contributed by atoms with Gasteiger partial charge in [0, 0.05) is 11.9 Å². The number of rotatable bonds is 7. The van der Waals surface area contributed by atoms with Crippen LogP contribution in [-0.2, 0) is 9.53 Å². The number of hydrogen-bond acceptors (Lipinski definition) is 5. The van der Waals surface area contributed by atoms with Crippen molar-refractivity contribution in [2.75, 3.05) is 20.2 Å². The van der Waals surface area contributed by atoms with E-state index in [1.165, 1.54) is 23.3 Å². The minimum atomic E-state index is -0.408. The molecular formula is C13H20N2O3S. The summed E-state index contributed by atoms with van der Waals surface area (Å²) in [6, 6.07) is 0. The number of methoxy groups -OCH3 is 1. The number of aromatic nitrogens is 1. The number of carbonyl (C=O) groups is 2. The van der Waals surface area contributed by atoms with Gasteiger partial charge < -0.3 is 9.64 Å². The zero-order chi connectivity index (χ0) is 14.3. The van der Waals surface area contributed by atoms with Gasteiger partial charge in [-0.15, -0.1) is 11.3 Å². The molecule has 6 heteroatoms. The standard InChI is InChI=1S/C13H20N2O3S/c1-4-10(5-2)6-15(7-12(16)18-3)13(17)11-8-19-9-14-11/h8-10H,4-7H2,1-3H3. The van der Waals surface area contributed by atoms with E-state index in [1.807, 2.05) is 0 Å². The minimum absolute atomic E-state index is 0.0244. The van der Waals surface area contributed by atoms with Crippen LogP contribution >= 0.6 is 11.3 Å². The second-order valence-electron chi connectivity index (χ2n) is 4.32. The highest BCUT2D eigenvalue weighted by atomic mass is 32.1. The summed E-state index contributed by atoms with van der Waals surface area (Å²) < 4.78 is 4.65. The van der Waals surface area contributed by atoms with Crippen molar-refractivity contribution in [1.82, 2.24) is 9.88 Å². The third-order valence-electron chi connectivity index (χ3n) is 3.12. The van der Waals surface area contributed by atoms with E-state index in [1.54, 1.807) is 10.9 Å². The van der Waals surface area contributed by atoms with Crippen LogP contribution in [0.15, 0.2) is 10.9 Å². The molecule has 0 radical (unpaired) electrons. The van der Waals surface area contributed by atoms with Gasteiger partial charge in [0.1, 0.15) is 12.2 Å². The molecule has 106 valence electrons. The lowest BCUT2D eigenvalue weighted by molar-refractivity contribution is -0.141. The second-order valence-corrected chi connectivity index (χ2v) is 5.04. The second kappa shape index (κ2) is 7.89. The lowest BCUT2D eigenvalue weighted by atomic mass is 10.0. The lowest BCUT2D eigenvalue weighted by Crippen LogP contribution is -2.39. The molecule has 5 nitrogen and oxygen atoms in total. The predicted octanol–water partition coefficient (Wildman–Crippen LogP) is 2.19. The Morgan fingerprint density at radius 3 is 2.58 bits per heavy atom. The molecule has 0 saturated carbocycles. The first-order valence-electron chi connectivity index (χ1n) is 6.36. The van der Waals surface area contributed by atoms with Gasteiger partial charge in [-0.2, -0.15) is 0 Å². The highest BCUT2D eigenvalue weighted by molar-refractivity contribution is 7.07. The van der Waals surface area contributed by atoms with Crippen LogP contribution in [0.3, 0.4) is 0 Å². The lowest BCUT2D eigenvalue weighted by Gasteiger charge is -2.25. The highest BCUT2D eigenvalue weighted by Crippen LogP contribution is 2.13. The van der Waals surface area contributed by atoms with Crippen molar-refractivity contribution in [1.29, 1.82) is 0 Å². The normalized spacial score (nSPS) is 10.5. The van der Waals surface area contributed by atoms with Crippen molar-refractivity contribution < 1.29 is 14.3 Å². The summed E-state index contributed by atoms with van der Waals surface area (Å²) in [4.78, 5) is 29.2. The zero-order valence-electron chi connectivity index (χ0n) is 11.6. The monoisotopic (exact) mass is 284 g/mol. The van der Waals surface area contributed by atoms with Crippen molar-refractivity contribution in [2.45, 2.75) is 26.7 Å². The molecule has 0 bridgehead atoms. The Bertz CT molecular complexity index is 402. The maximum absolute atomic E-state index is 12.3. The van der Waals surface area contributed by atoms with Crippen LogP contribution < -0.4 is 0 Å². The molecule has 0 spiro atoms. The summed E-state index contributed by atoms with van der Waals surface area (Å²) in [6.07, 6.45) is 1.94. The van der Waals surface area contributed by atoms with Crippen molar-refractivity contribution >= 4 is 23.2 Å². The van der Waals surface area contributed by atoms with Gasteiger partial charge in [-0.1, -0.05) is 26.7 Å². The summed E-state index contributed by atoms with van der Waals surface area (Å²) >= 11 is 1.37. The molecule has 1 aromatic heterocycles. The molecule has 0 aliphatic carbocycles. The van der Waals surface area contributed by atoms with Crippen LogP contribution in [0.25, 0.3) is 0 Å². The first-order chi connectivity index (χ1) is 9.12. The van der Waals surface area contributed by atoms with E-state index in [9.17, 15) is 9.59 Å². The van der Waals surface area contributed by atoms with Crippen LogP contribution in [0.4, 0.5) is 0 Å². The number of ether oxygens (including phenoxy) is 1. The van der Waals surface area contributed by atoms with Gasteiger partial charge in [0.15, 0.2) is 0 Å². The average molecular weight is 284 g/mol. The quantitative estimate of drug-likeness (QED) is 0.720. The zero-order valence-corrected chi connectivity index (χ0v) is 12.4. The summed E-state index contributed by atoms with van der Waals surface area (Å²) in [5, 5.41) is 1.69. The molecule has 1 aromatic rings. The molecule has 19 heavy (non-hydrogen) atoms. The molecule has 0 saturated heterocycles. The summed E-state index contributed by atoms with van der Waals surface area (Å²) in [5.41, 5.74) is 2.00. The molecule has 0 fully saturated rings. The van der Waals surface area contributed by atoms with E-state index in [2.05, 4.69) is 23.6 Å². The molecule has 0 aliphatic heterocycles. The SMILES string of the molecule is CCC(CC)CN(CC(=O)OC)C(=O)c1cscn1. The fourth-order valence-electron chi connectivity index (χ4n) is 1.78. The van der Waals surface area contributed by atoms with Gasteiger partial charge in [0.2, 0.25) is 0 Å². The van der Waals surface area contributed by atoms with E-state index < -0.39 is 5.97 Å². The maximum atomic E-state index is 12.3. The van der Waals surface area contributed by atoms with Gasteiger partial charge in [0.25, 0.3) is 5.91 Å². The Labute approximate surface area is 117 Å². The number of thiazole rings is 1. The number of hydrogen-bond donors (Lipinski definition) is 0. The molecule has 0 aromatic carbocycles. The third kappa shape index (κ3) is 4.63. The van der Waals surface area contributed by atoms with Gasteiger partial charge in [0.05, 0.1) is 12.6 Å². The first kappa shape index (κ1) is 15.6. The molecule has 0 atom stereocenters. The van der Waals surface area contributed by atoms with Crippen LogP contribution in [0.2, 0.25) is 0 Å². The maximum Gasteiger partial charge on any atom is 0.325 e. The fourth-order valence-corrected chi connectivity index (χ4v) is 2.30. The van der Waals surface area contributed by atoms with Crippen LogP contribution in [0.5, 0.6) is 0 Å². The topological polar surface area (TPSA) is 59.5 Å². The third-order valence-corrected chi connectivity index (χ3v) is 3.71. The molecular weight excluding hydrogens is 264 g/mol. The summed E-state index contributed by atoms with van der Waals surface area (Å²) in [7, 11) is 1.32. The van der Waals surface area contributed by atoms with Crippen LogP contribution in [-0.4, -0.2) is 42.0 Å². The predicted molar refractivity (Wildman–Crippen MR) is 74.1 cm³/mol. The molecule has 0 N–H and O–H groups in total. The Hall–Kier alpha value is -1.43. The number of esters is 1. The fraction of sp³-hybridized carbons (Fsp3) is 0.615. The molecule has 1 amide bonds. The van der Waals surface area contributed by atoms with E-state index in [4.69, 9.17) is 0 Å². The Balaban J connectivity index is 2.79. The summed E-state index contributed by atoms with van der Waals surface area (Å²) in [5.74, 6) is -0.236. The summed E-state index contributed by atoms with van der Waals surface area (Å²) in [6.45, 7) is 4.69. The van der Waals surface area contributed by atoms with E-state index in [0.717, 1.165) is 12.8 Å². The number of amides is 1. The Kier molecular flexibility index (Phi) is 6.49. The highest BCUT2D eigenvalue weighted by Gasteiger charge is 2.22. The molecule has 1 rings (SSSR count). The van der Waals surface area contributed by atoms with E-state index >= 15 is 0 Å². The first-order valence-corrected chi connectivity index (χ1v) is 7.30. The number of nitrogens with zero attached hydrogens (tertiary/aromatic N) is 2. The number of carbonyl (C=O) groups excluding carboxylic acids is 2. The van der Waals surface area contributed by atoms with E-state index in [0.29, 0.717) is 18.2 Å². The van der Waals surface area contributed by atoms with Crippen molar-refractivity contribution in [3.63, 3.8) is 0 Å². The van der Waals surface area contributed by atoms with Crippen molar-refractivity contribution in [3.05, 3.63) is 16.6 Å². The van der Waals surface area contributed by atoms with Crippen molar-refractivity contribution in [3.8, 4) is 0 Å². The van der Waals surface area contributed by atoms with Crippen LogP contribution in [0, 0.1) is 5.92 Å². The Morgan fingerprint density at radius 2 is 2.11 bits per heavy atom. The van der Waals surface area contributed by atoms with Gasteiger partial charge in [-0.3, -0.25) is 9.59 Å². The van der Waals surface area contributed by atoms with E-state index in [-0.39, 0.29) is 12.5 Å². The minimum Gasteiger partial charge on any atom is -0.468 e. The smallest absolute Gasteiger partial charge is 0.325 e. The van der Waals surface area contributed by atoms with Gasteiger partial charge in [-0.25, -0.2) is 4.98 Å². The van der Waals surface area contributed by atoms with Gasteiger partial charge in [-0.05, 0) is 5.92 Å². The van der Waals surface area contributed by atoms with Gasteiger partial charge >= 0.3 is 5.97 Å². The molecule has 1 heterocycles. The molecule has 0 unspecified atom stereocenters. The van der Waals surface area contributed by atoms with Crippen molar-refractivity contribution in [2.24, 2.45) is 5.92 Å². The molecule has 0 aliphatic rings.